The van der Waals surface area contributed by atoms with Gasteiger partial charge in [-0.3, -0.25) is 14.2 Å². The van der Waals surface area contributed by atoms with Gasteiger partial charge in [-0.2, -0.15) is 0 Å². The van der Waals surface area contributed by atoms with E-state index in [4.69, 9.17) is 14.8 Å². The van der Waals surface area contributed by atoms with Gasteiger partial charge in [0.2, 0.25) is 0 Å². The van der Waals surface area contributed by atoms with Gasteiger partial charge >= 0.3 is 7.60 Å². The van der Waals surface area contributed by atoms with E-state index in [1.165, 1.54) is 16.4 Å². The highest BCUT2D eigenvalue weighted by Crippen LogP contribution is 2.48. The van der Waals surface area contributed by atoms with Crippen molar-refractivity contribution in [1.82, 2.24) is 20.3 Å². The summed E-state index contributed by atoms with van der Waals surface area (Å²) in [6.45, 7) is 4.46. The molecule has 3 N–H and O–H groups in total. The zero-order chi connectivity index (χ0) is 24.3. The number of thioether (sulfide) groups is 1. The number of primary amides is 1. The molecule has 0 aliphatic rings. The molecule has 1 aromatic heterocycles. The summed E-state index contributed by atoms with van der Waals surface area (Å²) in [5, 5.41) is 10.8. The predicted octanol–water partition coefficient (Wildman–Crippen LogP) is 3.20. The van der Waals surface area contributed by atoms with Crippen LogP contribution in [0.3, 0.4) is 0 Å². The first-order valence-corrected chi connectivity index (χ1v) is 13.4. The maximum atomic E-state index is 12.6. The summed E-state index contributed by atoms with van der Waals surface area (Å²) in [4.78, 5) is 28.7. The molecular formula is C20H29N6O5PS. The number of rotatable bonds is 12. The van der Waals surface area contributed by atoms with Crippen LogP contribution in [0.25, 0.3) is 0 Å². The van der Waals surface area contributed by atoms with Crippen molar-refractivity contribution in [3.63, 3.8) is 0 Å². The summed E-state index contributed by atoms with van der Waals surface area (Å²) < 4.78 is 24.6. The minimum absolute atomic E-state index is 0.107. The molecule has 180 valence electrons. The van der Waals surface area contributed by atoms with Gasteiger partial charge in [-0.05, 0) is 45.1 Å². The number of carbonyl (C=O) groups is 2. The van der Waals surface area contributed by atoms with Gasteiger partial charge in [-0.15, -0.1) is 5.10 Å². The monoisotopic (exact) mass is 496 g/mol. The fourth-order valence-electron chi connectivity index (χ4n) is 2.84. The molecular weight excluding hydrogens is 467 g/mol. The van der Waals surface area contributed by atoms with E-state index in [0.717, 1.165) is 0 Å². The van der Waals surface area contributed by atoms with Gasteiger partial charge in [0.25, 0.3) is 11.8 Å². The van der Waals surface area contributed by atoms with Crippen LogP contribution in [-0.4, -0.2) is 57.6 Å². The number of hydrogen-bond donors (Lipinski definition) is 2. The summed E-state index contributed by atoms with van der Waals surface area (Å²) in [6.07, 6.45) is 3.08. The molecule has 0 aliphatic carbocycles. The van der Waals surface area contributed by atoms with Crippen molar-refractivity contribution in [3.8, 4) is 0 Å². The summed E-state index contributed by atoms with van der Waals surface area (Å²) in [6, 6.07) is 8.68. The number of nitrogens with zero attached hydrogens (tertiary/aromatic N) is 4. The second-order valence-corrected chi connectivity index (χ2v) is 9.65. The van der Waals surface area contributed by atoms with E-state index in [-0.39, 0.29) is 28.7 Å². The number of amidine groups is 1. The Morgan fingerprint density at radius 1 is 1.18 bits per heavy atom. The molecule has 0 aliphatic heterocycles. The Labute approximate surface area is 197 Å². The number of aryl methyl sites for hydroxylation is 1. The van der Waals surface area contributed by atoms with Crippen LogP contribution in [0.5, 0.6) is 0 Å². The molecule has 33 heavy (non-hydrogen) atoms. The Kier molecular flexibility index (Phi) is 10.7. The average molecular weight is 497 g/mol. The van der Waals surface area contributed by atoms with Gasteiger partial charge in [0, 0.05) is 12.1 Å². The number of unbranched alkanes of at least 4 members (excludes halogenated alkanes) is 1. The summed E-state index contributed by atoms with van der Waals surface area (Å²) >= 11 is 1.19. The fourth-order valence-corrected chi connectivity index (χ4v) is 4.94. The molecule has 2 amide bonds. The number of benzene rings is 1. The van der Waals surface area contributed by atoms with E-state index in [2.05, 4.69) is 20.6 Å². The first-order valence-electron chi connectivity index (χ1n) is 10.4. The number of carbonyl (C=O) groups excluding carboxylic acids is 2. The molecule has 13 heteroatoms. The number of hydrogen-bond acceptors (Lipinski definition) is 9. The zero-order valence-corrected chi connectivity index (χ0v) is 20.6. The quantitative estimate of drug-likeness (QED) is 0.197. The Morgan fingerprint density at radius 3 is 2.42 bits per heavy atom. The number of aliphatic imine (C=N–C) groups is 1. The lowest BCUT2D eigenvalue weighted by Gasteiger charge is -2.16. The van der Waals surface area contributed by atoms with Crippen LogP contribution in [0, 0.1) is 0 Å². The van der Waals surface area contributed by atoms with Gasteiger partial charge < -0.3 is 20.1 Å². The summed E-state index contributed by atoms with van der Waals surface area (Å²) in [5.74, 6) is -0.990. The van der Waals surface area contributed by atoms with Gasteiger partial charge in [0.05, 0.1) is 19.4 Å². The zero-order valence-electron chi connectivity index (χ0n) is 18.9. The lowest BCUT2D eigenvalue weighted by atomic mass is 10.2. The van der Waals surface area contributed by atoms with E-state index in [0.29, 0.717) is 38.2 Å². The first kappa shape index (κ1) is 26.7. The van der Waals surface area contributed by atoms with Crippen molar-refractivity contribution in [2.45, 2.75) is 33.2 Å². The van der Waals surface area contributed by atoms with Crippen LogP contribution in [0.4, 0.5) is 5.82 Å². The van der Waals surface area contributed by atoms with E-state index < -0.39 is 13.5 Å². The molecule has 1 aromatic carbocycles. The van der Waals surface area contributed by atoms with E-state index in [1.807, 2.05) is 6.07 Å². The minimum atomic E-state index is -3.13. The summed E-state index contributed by atoms with van der Waals surface area (Å²) in [5.41, 5.74) is 5.79. The number of nitrogens with one attached hydrogen (secondary N) is 1. The Balaban J connectivity index is 2.14. The highest BCUT2D eigenvalue weighted by molar-refractivity contribution is 8.13. The molecule has 11 nitrogen and oxygen atoms in total. The topological polar surface area (TPSA) is 151 Å². The Bertz CT molecular complexity index is 1000. The Hall–Kier alpha value is -2.53. The molecule has 0 saturated heterocycles. The number of amides is 2. The van der Waals surface area contributed by atoms with Crippen LogP contribution in [-0.2, 0) is 20.2 Å². The molecule has 0 saturated carbocycles. The Morgan fingerprint density at radius 2 is 1.85 bits per heavy atom. The van der Waals surface area contributed by atoms with Crippen molar-refractivity contribution < 1.29 is 23.2 Å². The van der Waals surface area contributed by atoms with Crippen molar-refractivity contribution >= 4 is 42.2 Å². The standard InChI is InChI=1S/C20H29N6O5PS/c1-4-30-32(29,31-5-2)14-10-9-13-26-18(16(17(21)27)24-25-26)22-20(33-3)23-19(28)15-11-7-6-8-12-15/h6-8,11-12H,4-5,9-10,13-14H2,1-3H3,(H2,21,27)(H,22,23,28). The van der Waals surface area contributed by atoms with Crippen molar-refractivity contribution in [2.24, 2.45) is 10.7 Å². The second kappa shape index (κ2) is 13.2. The molecule has 0 spiro atoms. The lowest BCUT2D eigenvalue weighted by molar-refractivity contribution is 0.0975. The highest BCUT2D eigenvalue weighted by Gasteiger charge is 2.23. The van der Waals surface area contributed by atoms with E-state index in [9.17, 15) is 14.2 Å². The van der Waals surface area contributed by atoms with Crippen LogP contribution in [0.1, 0.15) is 47.5 Å². The molecule has 2 rings (SSSR count). The first-order chi connectivity index (χ1) is 15.8. The van der Waals surface area contributed by atoms with Gasteiger partial charge in [0.1, 0.15) is 0 Å². The SMILES string of the molecule is CCOP(=O)(CCCCn1nnc(C(N)=O)c1/N=C(/NC(=O)c1ccccc1)SC)OCC. The summed E-state index contributed by atoms with van der Waals surface area (Å²) in [7, 11) is -3.13. The average Bonchev–Trinajstić information content (AvgIpc) is 3.19. The smallest absolute Gasteiger partial charge is 0.330 e. The van der Waals surface area contributed by atoms with E-state index >= 15 is 0 Å². The largest absolute Gasteiger partial charge is 0.364 e. The molecule has 2 aromatic rings. The van der Waals surface area contributed by atoms with Crippen LogP contribution in [0.15, 0.2) is 35.3 Å². The third-order valence-corrected chi connectivity index (χ3v) is 7.05. The maximum absolute atomic E-state index is 12.6. The highest BCUT2D eigenvalue weighted by atomic mass is 32.2. The molecule has 0 fully saturated rings. The van der Waals surface area contributed by atoms with E-state index in [1.54, 1.807) is 44.4 Å². The van der Waals surface area contributed by atoms with Crippen molar-refractivity contribution in [3.05, 3.63) is 41.6 Å². The third kappa shape index (κ3) is 8.08. The van der Waals surface area contributed by atoms with Crippen LogP contribution in [0.2, 0.25) is 0 Å². The van der Waals surface area contributed by atoms with Gasteiger partial charge in [-0.1, -0.05) is 35.2 Å². The molecule has 0 unspecified atom stereocenters. The van der Waals surface area contributed by atoms with Crippen molar-refractivity contribution in [2.75, 3.05) is 25.6 Å². The van der Waals surface area contributed by atoms with Gasteiger partial charge in [0.15, 0.2) is 16.7 Å². The second-order valence-electron chi connectivity index (χ2n) is 6.67. The third-order valence-electron chi connectivity index (χ3n) is 4.30. The lowest BCUT2D eigenvalue weighted by Crippen LogP contribution is -2.28. The molecule has 0 atom stereocenters. The van der Waals surface area contributed by atoms with Crippen LogP contribution < -0.4 is 11.1 Å². The fraction of sp³-hybridized carbons (Fsp3) is 0.450. The predicted molar refractivity (Wildman–Crippen MR) is 128 cm³/mol. The molecule has 1 heterocycles. The number of nitrogens with two attached hydrogens (primary N) is 1. The van der Waals surface area contributed by atoms with Crippen LogP contribution >= 0.6 is 19.4 Å². The molecule has 0 radical (unpaired) electrons. The minimum Gasteiger partial charge on any atom is -0.364 e. The maximum Gasteiger partial charge on any atom is 0.330 e. The van der Waals surface area contributed by atoms with Gasteiger partial charge in [-0.25, -0.2) is 9.67 Å². The normalized spacial score (nSPS) is 12.0. The van der Waals surface area contributed by atoms with Crippen molar-refractivity contribution in [1.29, 1.82) is 0 Å². The number of aromatic nitrogens is 3. The molecule has 0 bridgehead atoms.